The van der Waals surface area contributed by atoms with Crippen LogP contribution in [0.3, 0.4) is 0 Å². The Kier molecular flexibility index (Phi) is 4.47. The lowest BCUT2D eigenvalue weighted by Crippen LogP contribution is -2.52. The second-order valence-corrected chi connectivity index (χ2v) is 4.94. The Labute approximate surface area is 111 Å². The van der Waals surface area contributed by atoms with Crippen LogP contribution in [0.1, 0.15) is 25.3 Å². The molecule has 1 aliphatic heterocycles. The molecule has 2 N–H and O–H groups in total. The Morgan fingerprint density at radius 1 is 1.42 bits per heavy atom. The van der Waals surface area contributed by atoms with E-state index in [-0.39, 0.29) is 30.0 Å². The lowest BCUT2D eigenvalue weighted by molar-refractivity contribution is -0.121. The SMILES string of the molecule is C[C@@H]1NCCC[C@H]1NC(=O)Cc1c(F)cccc1F. The highest BCUT2D eigenvalue weighted by Crippen LogP contribution is 2.13. The largest absolute Gasteiger partial charge is 0.352 e. The van der Waals surface area contributed by atoms with Gasteiger partial charge in [-0.2, -0.15) is 0 Å². The first kappa shape index (κ1) is 13.9. The average Bonchev–Trinajstić information content (AvgIpc) is 2.37. The molecule has 0 radical (unpaired) electrons. The maximum absolute atomic E-state index is 13.4. The number of carbonyl (C=O) groups is 1. The molecule has 0 saturated carbocycles. The third-order valence-electron chi connectivity index (χ3n) is 3.51. The summed E-state index contributed by atoms with van der Waals surface area (Å²) < 4.78 is 26.9. The van der Waals surface area contributed by atoms with E-state index >= 15 is 0 Å². The molecule has 2 atom stereocenters. The highest BCUT2D eigenvalue weighted by atomic mass is 19.1. The van der Waals surface area contributed by atoms with E-state index in [9.17, 15) is 13.6 Å². The fourth-order valence-electron chi connectivity index (χ4n) is 2.36. The van der Waals surface area contributed by atoms with Crippen molar-refractivity contribution < 1.29 is 13.6 Å². The van der Waals surface area contributed by atoms with E-state index in [0.717, 1.165) is 31.5 Å². The van der Waals surface area contributed by atoms with Crippen molar-refractivity contribution in [2.24, 2.45) is 0 Å². The molecule has 1 aromatic carbocycles. The molecule has 19 heavy (non-hydrogen) atoms. The molecule has 1 aliphatic rings. The van der Waals surface area contributed by atoms with Gasteiger partial charge in [0.15, 0.2) is 0 Å². The number of amides is 1. The van der Waals surface area contributed by atoms with Crippen molar-refractivity contribution >= 4 is 5.91 Å². The number of hydrogen-bond donors (Lipinski definition) is 2. The van der Waals surface area contributed by atoms with Crippen LogP contribution in [0.15, 0.2) is 18.2 Å². The lowest BCUT2D eigenvalue weighted by atomic mass is 9.99. The summed E-state index contributed by atoms with van der Waals surface area (Å²) in [5.74, 6) is -1.69. The van der Waals surface area contributed by atoms with Crippen LogP contribution < -0.4 is 10.6 Å². The minimum atomic E-state index is -0.676. The van der Waals surface area contributed by atoms with E-state index in [4.69, 9.17) is 0 Å². The maximum Gasteiger partial charge on any atom is 0.224 e. The molecular weight excluding hydrogens is 250 g/mol. The summed E-state index contributed by atoms with van der Waals surface area (Å²) in [7, 11) is 0. The Hall–Kier alpha value is -1.49. The van der Waals surface area contributed by atoms with Crippen molar-refractivity contribution in [1.82, 2.24) is 10.6 Å². The Balaban J connectivity index is 1.97. The summed E-state index contributed by atoms with van der Waals surface area (Å²) in [5, 5.41) is 6.10. The molecule has 0 aliphatic carbocycles. The van der Waals surface area contributed by atoms with Crippen molar-refractivity contribution in [3.63, 3.8) is 0 Å². The van der Waals surface area contributed by atoms with Crippen molar-refractivity contribution in [1.29, 1.82) is 0 Å². The molecule has 5 heteroatoms. The third-order valence-corrected chi connectivity index (χ3v) is 3.51. The molecule has 1 amide bonds. The van der Waals surface area contributed by atoms with E-state index in [1.54, 1.807) is 0 Å². The molecule has 104 valence electrons. The van der Waals surface area contributed by atoms with Gasteiger partial charge >= 0.3 is 0 Å². The second-order valence-electron chi connectivity index (χ2n) is 4.94. The average molecular weight is 268 g/mol. The predicted molar refractivity (Wildman–Crippen MR) is 68.7 cm³/mol. The molecule has 0 unspecified atom stereocenters. The molecule has 1 fully saturated rings. The minimum Gasteiger partial charge on any atom is -0.352 e. The number of benzene rings is 1. The molecule has 3 nitrogen and oxygen atoms in total. The third kappa shape index (κ3) is 3.50. The van der Waals surface area contributed by atoms with E-state index in [1.165, 1.54) is 6.07 Å². The van der Waals surface area contributed by atoms with Gasteiger partial charge in [0.2, 0.25) is 5.91 Å². The molecule has 0 spiro atoms. The number of halogens is 2. The number of nitrogens with one attached hydrogen (secondary N) is 2. The summed E-state index contributed by atoms with van der Waals surface area (Å²) in [6.45, 7) is 2.93. The van der Waals surface area contributed by atoms with Gasteiger partial charge < -0.3 is 10.6 Å². The van der Waals surface area contributed by atoms with Gasteiger partial charge in [-0.15, -0.1) is 0 Å². The van der Waals surface area contributed by atoms with Gasteiger partial charge in [0.1, 0.15) is 11.6 Å². The monoisotopic (exact) mass is 268 g/mol. The first-order chi connectivity index (χ1) is 9.08. The molecule has 0 aromatic heterocycles. The zero-order chi connectivity index (χ0) is 13.8. The zero-order valence-electron chi connectivity index (χ0n) is 10.9. The van der Waals surface area contributed by atoms with Crippen molar-refractivity contribution in [2.45, 2.75) is 38.3 Å². The van der Waals surface area contributed by atoms with Crippen LogP contribution in [0.4, 0.5) is 8.78 Å². The molecule has 0 bridgehead atoms. The van der Waals surface area contributed by atoms with Crippen LogP contribution in [0.5, 0.6) is 0 Å². The first-order valence-electron chi connectivity index (χ1n) is 6.53. The van der Waals surface area contributed by atoms with E-state index in [0.29, 0.717) is 0 Å². The molecular formula is C14H18F2N2O. The number of carbonyl (C=O) groups excluding carboxylic acids is 1. The zero-order valence-corrected chi connectivity index (χ0v) is 10.9. The highest BCUT2D eigenvalue weighted by Gasteiger charge is 2.23. The van der Waals surface area contributed by atoms with Gasteiger partial charge in [-0.25, -0.2) is 8.78 Å². The molecule has 2 rings (SSSR count). The Morgan fingerprint density at radius 2 is 2.11 bits per heavy atom. The van der Waals surface area contributed by atoms with Crippen LogP contribution in [0.25, 0.3) is 0 Å². The summed E-state index contributed by atoms with van der Waals surface area (Å²) >= 11 is 0. The van der Waals surface area contributed by atoms with Crippen LogP contribution in [-0.2, 0) is 11.2 Å². The van der Waals surface area contributed by atoms with Gasteiger partial charge in [-0.3, -0.25) is 4.79 Å². The second kappa shape index (κ2) is 6.10. The van der Waals surface area contributed by atoms with Crippen LogP contribution in [0, 0.1) is 11.6 Å². The van der Waals surface area contributed by atoms with Gasteiger partial charge in [0, 0.05) is 17.6 Å². The van der Waals surface area contributed by atoms with E-state index < -0.39 is 11.6 Å². The summed E-state index contributed by atoms with van der Waals surface area (Å²) in [5.41, 5.74) is -0.170. The predicted octanol–water partition coefficient (Wildman–Crippen LogP) is 1.76. The summed E-state index contributed by atoms with van der Waals surface area (Å²) in [6, 6.07) is 3.82. The van der Waals surface area contributed by atoms with Gasteiger partial charge in [0.25, 0.3) is 0 Å². The maximum atomic E-state index is 13.4. The smallest absolute Gasteiger partial charge is 0.224 e. The van der Waals surface area contributed by atoms with Crippen LogP contribution in [-0.4, -0.2) is 24.5 Å². The summed E-state index contributed by atoms with van der Waals surface area (Å²) in [6.07, 6.45) is 1.62. The quantitative estimate of drug-likeness (QED) is 0.877. The molecule has 1 heterocycles. The van der Waals surface area contributed by atoms with Crippen molar-refractivity contribution in [2.75, 3.05) is 6.54 Å². The normalized spacial score (nSPS) is 23.1. The Bertz CT molecular complexity index is 445. The van der Waals surface area contributed by atoms with Crippen molar-refractivity contribution in [3.05, 3.63) is 35.4 Å². The lowest BCUT2D eigenvalue weighted by Gasteiger charge is -2.30. The number of hydrogen-bond acceptors (Lipinski definition) is 2. The van der Waals surface area contributed by atoms with Gasteiger partial charge in [0.05, 0.1) is 6.42 Å². The van der Waals surface area contributed by atoms with Crippen LogP contribution in [0.2, 0.25) is 0 Å². The van der Waals surface area contributed by atoms with Gasteiger partial charge in [-0.05, 0) is 38.4 Å². The van der Waals surface area contributed by atoms with Crippen molar-refractivity contribution in [3.8, 4) is 0 Å². The molecule has 1 saturated heterocycles. The topological polar surface area (TPSA) is 41.1 Å². The minimum absolute atomic E-state index is 0.0242. The van der Waals surface area contributed by atoms with Crippen LogP contribution >= 0.6 is 0 Å². The van der Waals surface area contributed by atoms with E-state index in [2.05, 4.69) is 10.6 Å². The number of rotatable bonds is 3. The standard InChI is InChI=1S/C14H18F2N2O/c1-9-13(6-3-7-17-9)18-14(19)8-10-11(15)4-2-5-12(10)16/h2,4-5,9,13,17H,3,6-8H2,1H3,(H,18,19)/t9-,13+/m0/s1. The first-order valence-corrected chi connectivity index (χ1v) is 6.53. The highest BCUT2D eigenvalue weighted by molar-refractivity contribution is 5.79. The number of piperidine rings is 1. The fraction of sp³-hybridized carbons (Fsp3) is 0.500. The fourth-order valence-corrected chi connectivity index (χ4v) is 2.36. The Morgan fingerprint density at radius 3 is 2.74 bits per heavy atom. The van der Waals surface area contributed by atoms with E-state index in [1.807, 2.05) is 6.92 Å². The summed E-state index contributed by atoms with van der Waals surface area (Å²) in [4.78, 5) is 11.9. The molecule has 1 aromatic rings. The van der Waals surface area contributed by atoms with Gasteiger partial charge in [-0.1, -0.05) is 6.07 Å².